The zero-order valence-electron chi connectivity index (χ0n) is 27.6. The molecule has 0 spiro atoms. The molecule has 3 aliphatic heterocycles. The number of methoxy groups -OCH3 is 1. The topological polar surface area (TPSA) is 100 Å². The van der Waals surface area contributed by atoms with E-state index in [2.05, 4.69) is 33.5 Å². The number of esters is 1. The van der Waals surface area contributed by atoms with Crippen LogP contribution in [-0.2, 0) is 63.5 Å². The predicted molar refractivity (Wildman–Crippen MR) is 189 cm³/mol. The quantitative estimate of drug-likeness (QED) is 0.195. The average Bonchev–Trinajstić information content (AvgIpc) is 3.84. The number of hydrogen-bond donors (Lipinski definition) is 2. The monoisotopic (exact) mass is 685 g/mol. The maximum Gasteiger partial charge on any atom is 0.354 e. The average molecular weight is 686 g/mol. The minimum atomic E-state index is -0.360. The molecule has 0 aliphatic carbocycles. The molecule has 250 valence electrons. The van der Waals surface area contributed by atoms with Gasteiger partial charge in [-0.1, -0.05) is 17.7 Å². The van der Waals surface area contributed by atoms with Crippen molar-refractivity contribution in [3.63, 3.8) is 0 Å². The molecule has 10 nitrogen and oxygen atoms in total. The summed E-state index contributed by atoms with van der Waals surface area (Å²) in [5.74, 6) is 1.33. The number of ether oxygens (including phenoxy) is 2. The molecule has 0 unspecified atom stereocenters. The van der Waals surface area contributed by atoms with E-state index in [1.54, 1.807) is 0 Å². The molecule has 0 fully saturated rings. The molecule has 6 heterocycles. The lowest BCUT2D eigenvalue weighted by molar-refractivity contribution is 0.0589. The van der Waals surface area contributed by atoms with E-state index in [0.717, 1.165) is 101 Å². The highest BCUT2D eigenvalue weighted by Gasteiger charge is 2.30. The van der Waals surface area contributed by atoms with Crippen LogP contribution in [0.5, 0.6) is 5.75 Å². The molecule has 48 heavy (non-hydrogen) atoms. The van der Waals surface area contributed by atoms with Crippen LogP contribution >= 0.6 is 23.4 Å². The molecule has 8 rings (SSSR count). The van der Waals surface area contributed by atoms with E-state index < -0.39 is 0 Å². The Morgan fingerprint density at radius 1 is 1.04 bits per heavy atom. The van der Waals surface area contributed by atoms with Crippen LogP contribution in [0, 0.1) is 0 Å². The van der Waals surface area contributed by atoms with Crippen LogP contribution in [0.2, 0.25) is 5.02 Å². The molecule has 3 aromatic heterocycles. The van der Waals surface area contributed by atoms with Crippen molar-refractivity contribution in [3.05, 3.63) is 75.0 Å². The molecular formula is C36H40ClN7O3S. The van der Waals surface area contributed by atoms with Gasteiger partial charge in [-0.05, 0) is 73.9 Å². The van der Waals surface area contributed by atoms with Gasteiger partial charge in [0.05, 0.1) is 41.3 Å². The van der Waals surface area contributed by atoms with Crippen molar-refractivity contribution in [2.75, 3.05) is 25.6 Å². The summed E-state index contributed by atoms with van der Waals surface area (Å²) in [7, 11) is 5.39. The zero-order valence-corrected chi connectivity index (χ0v) is 29.2. The molecular weight excluding hydrogens is 646 g/mol. The van der Waals surface area contributed by atoms with Crippen molar-refractivity contribution in [1.82, 2.24) is 29.4 Å². The second kappa shape index (κ2) is 12.8. The number of anilines is 1. The minimum absolute atomic E-state index is 0.360. The highest BCUT2D eigenvalue weighted by Crippen LogP contribution is 2.44. The number of nitrogens with zero attached hydrogens (tertiary/aromatic N) is 5. The Labute approximate surface area is 289 Å². The summed E-state index contributed by atoms with van der Waals surface area (Å²) in [6.07, 6.45) is 5.47. The third-order valence-electron chi connectivity index (χ3n) is 9.87. The molecule has 0 saturated heterocycles. The first-order chi connectivity index (χ1) is 23.4. The highest BCUT2D eigenvalue weighted by molar-refractivity contribution is 7.98. The Balaban J connectivity index is 1.25. The van der Waals surface area contributed by atoms with Crippen LogP contribution in [0.1, 0.15) is 63.7 Å². The van der Waals surface area contributed by atoms with Gasteiger partial charge in [-0.2, -0.15) is 10.2 Å². The largest absolute Gasteiger partial charge is 0.491 e. The summed E-state index contributed by atoms with van der Waals surface area (Å²) >= 11 is 8.92. The van der Waals surface area contributed by atoms with Crippen LogP contribution in [0.25, 0.3) is 22.0 Å². The van der Waals surface area contributed by atoms with E-state index in [4.69, 9.17) is 31.3 Å². The SMILES string of the molecule is COC(=O)c1c2c3ccc(Cl)c(c3n1C)-c1c(nn3c1CCC3)CNCc1cc(n(C)n1)CSc1cc3c(c(c1)OCCC2)NCCC3. The van der Waals surface area contributed by atoms with Crippen LogP contribution in [0.3, 0.4) is 0 Å². The lowest BCUT2D eigenvalue weighted by atomic mass is 9.97. The predicted octanol–water partition coefficient (Wildman–Crippen LogP) is 6.43. The Morgan fingerprint density at radius 3 is 2.81 bits per heavy atom. The van der Waals surface area contributed by atoms with Gasteiger partial charge in [0.15, 0.2) is 0 Å². The second-order valence-corrected chi connectivity index (χ2v) is 14.3. The molecule has 0 atom stereocenters. The zero-order chi connectivity index (χ0) is 32.9. The van der Waals surface area contributed by atoms with Gasteiger partial charge < -0.3 is 24.7 Å². The number of nitrogens with one attached hydrogen (secondary N) is 2. The van der Waals surface area contributed by atoms with Crippen LogP contribution in [0.4, 0.5) is 5.69 Å². The molecule has 12 heteroatoms. The number of aromatic nitrogens is 5. The van der Waals surface area contributed by atoms with E-state index in [9.17, 15) is 4.79 Å². The fraction of sp³-hybridized carbons (Fsp3) is 0.417. The van der Waals surface area contributed by atoms with E-state index in [-0.39, 0.29) is 5.97 Å². The lowest BCUT2D eigenvalue weighted by Gasteiger charge is -2.22. The molecule has 0 amide bonds. The third kappa shape index (κ3) is 5.45. The summed E-state index contributed by atoms with van der Waals surface area (Å²) in [5, 5.41) is 18.7. The van der Waals surface area contributed by atoms with Crippen LogP contribution in [-0.4, -0.2) is 50.4 Å². The Morgan fingerprint density at radius 2 is 1.94 bits per heavy atom. The number of carbonyl (C=O) groups excluding carboxylic acids is 1. The van der Waals surface area contributed by atoms with E-state index in [1.165, 1.54) is 29.0 Å². The Kier molecular flexibility index (Phi) is 8.38. The molecule has 5 aromatic rings. The van der Waals surface area contributed by atoms with E-state index >= 15 is 0 Å². The third-order valence-corrected chi connectivity index (χ3v) is 11.2. The highest BCUT2D eigenvalue weighted by atomic mass is 35.5. The van der Waals surface area contributed by atoms with E-state index in [1.807, 2.05) is 47.2 Å². The van der Waals surface area contributed by atoms with Crippen molar-refractivity contribution >= 4 is 45.9 Å². The van der Waals surface area contributed by atoms with Crippen LogP contribution in [0.15, 0.2) is 35.2 Å². The second-order valence-electron chi connectivity index (χ2n) is 12.9. The van der Waals surface area contributed by atoms with Gasteiger partial charge in [0.1, 0.15) is 11.4 Å². The number of carbonyl (C=O) groups is 1. The molecule has 2 aromatic carbocycles. The number of fused-ring (bicyclic) bond motifs is 10. The molecule has 8 bridgehead atoms. The van der Waals surface area contributed by atoms with Gasteiger partial charge in [-0.25, -0.2) is 4.79 Å². The first kappa shape index (κ1) is 31.3. The van der Waals surface area contributed by atoms with Gasteiger partial charge >= 0.3 is 5.97 Å². The maximum atomic E-state index is 13.4. The Bertz CT molecular complexity index is 2060. The Hall–Kier alpha value is -3.93. The fourth-order valence-corrected chi connectivity index (χ4v) is 8.92. The van der Waals surface area contributed by atoms with Gasteiger partial charge in [0, 0.05) is 78.8 Å². The first-order valence-electron chi connectivity index (χ1n) is 16.8. The van der Waals surface area contributed by atoms with Gasteiger partial charge in [-0.3, -0.25) is 9.36 Å². The van der Waals surface area contributed by atoms with Crippen molar-refractivity contribution in [2.24, 2.45) is 14.1 Å². The number of hydrogen-bond acceptors (Lipinski definition) is 8. The molecule has 2 N–H and O–H groups in total. The standard InChI is InChI=1S/C36H40ClN7O3S/c1-42-34-26-10-11-27(37)31(34)32-28(41-44-13-5-9-29(32)44)19-38-18-22-16-23(43(2)40-22)20-48-24-15-21-7-4-12-39-33(21)30(17-24)47-14-6-8-25(26)35(42)36(45)46-3/h10-11,15-17,38-39H,4-9,12-14,18-20H2,1-3H3. The normalized spacial score (nSPS) is 16.4. The van der Waals surface area contributed by atoms with Crippen molar-refractivity contribution < 1.29 is 14.3 Å². The van der Waals surface area contributed by atoms with Crippen molar-refractivity contribution in [3.8, 4) is 16.9 Å². The number of rotatable bonds is 1. The summed E-state index contributed by atoms with van der Waals surface area (Å²) in [4.78, 5) is 14.6. The number of benzene rings is 2. The van der Waals surface area contributed by atoms with Crippen molar-refractivity contribution in [1.29, 1.82) is 0 Å². The summed E-state index contributed by atoms with van der Waals surface area (Å²) in [5.41, 5.74) is 11.1. The maximum absolute atomic E-state index is 13.4. The number of thioether (sulfide) groups is 1. The lowest BCUT2D eigenvalue weighted by Crippen LogP contribution is -2.15. The summed E-state index contributed by atoms with van der Waals surface area (Å²) in [6, 6.07) is 10.7. The number of halogens is 1. The fourth-order valence-electron chi connectivity index (χ4n) is 7.67. The molecule has 0 saturated carbocycles. The molecule has 0 radical (unpaired) electrons. The van der Waals surface area contributed by atoms with Crippen LogP contribution < -0.4 is 15.4 Å². The van der Waals surface area contributed by atoms with Gasteiger partial charge in [0.2, 0.25) is 0 Å². The molecule has 3 aliphatic rings. The smallest absolute Gasteiger partial charge is 0.354 e. The summed E-state index contributed by atoms with van der Waals surface area (Å²) < 4.78 is 17.9. The van der Waals surface area contributed by atoms with Crippen molar-refractivity contribution in [2.45, 2.75) is 68.8 Å². The minimum Gasteiger partial charge on any atom is -0.491 e. The number of aryl methyl sites for hydroxylation is 5. The summed E-state index contributed by atoms with van der Waals surface area (Å²) in [6.45, 7) is 3.50. The first-order valence-corrected chi connectivity index (χ1v) is 18.1. The van der Waals surface area contributed by atoms with Gasteiger partial charge in [0.25, 0.3) is 0 Å². The van der Waals surface area contributed by atoms with E-state index in [0.29, 0.717) is 36.8 Å². The van der Waals surface area contributed by atoms with Gasteiger partial charge in [-0.15, -0.1) is 11.8 Å².